The van der Waals surface area contributed by atoms with Gasteiger partial charge in [0.05, 0.1) is 0 Å². The van der Waals surface area contributed by atoms with Crippen LogP contribution in [-0.4, -0.2) is 70.6 Å². The van der Waals surface area contributed by atoms with Crippen LogP contribution in [0.4, 0.5) is 0 Å². The number of hydrogen-bond donors (Lipinski definition) is 3. The van der Waals surface area contributed by atoms with Crippen LogP contribution < -0.4 is 51.4 Å². The van der Waals surface area contributed by atoms with Gasteiger partial charge in [0.2, 0.25) is 0 Å². The van der Waals surface area contributed by atoms with Gasteiger partial charge in [-0.3, -0.25) is 0 Å². The summed E-state index contributed by atoms with van der Waals surface area (Å²) >= 11 is 0. The molecule has 86 valence electrons. The third-order valence-electron chi connectivity index (χ3n) is 0. The predicted molar refractivity (Wildman–Crippen MR) is 45.0 cm³/mol. The fourth-order valence-corrected chi connectivity index (χ4v) is 0. The molecule has 0 aliphatic rings. The fraction of sp³-hybridized carbons (Fsp3) is 0. The van der Waals surface area contributed by atoms with Crippen molar-refractivity contribution in [1.29, 1.82) is 0 Å². The monoisotopic (exact) mass is 272 g/mol. The molecular weight excluding hydrogens is 254 g/mol. The third kappa shape index (κ3) is 416. The van der Waals surface area contributed by atoms with Gasteiger partial charge in [-0.15, -0.1) is 0 Å². The summed E-state index contributed by atoms with van der Waals surface area (Å²) < 4.78 is 8.88. The van der Waals surface area contributed by atoms with Crippen LogP contribution in [0.15, 0.2) is 0 Å². The molecule has 0 aliphatic heterocycles. The Hall–Kier alpha value is 2.27. The minimum atomic E-state index is -4.64. The Kier molecular flexibility index (Phi) is 223. The molecule has 0 fully saturated rings. The Bertz CT molecular complexity index is 72.2. The smallest absolute Gasteiger partial charge is 1.00 e. The second-order valence-electron chi connectivity index (χ2n) is 0.513. The average Bonchev–Trinajstić information content (AvgIpc) is 0.722. The van der Waals surface area contributed by atoms with Gasteiger partial charge in [-0.2, -0.15) is 0 Å². The van der Waals surface area contributed by atoms with E-state index in [0.29, 0.717) is 0 Å². The van der Waals surface area contributed by atoms with Crippen LogP contribution in [-0.2, 0) is 4.57 Å². The average molecular weight is 273 g/mol. The summed E-state index contributed by atoms with van der Waals surface area (Å²) in [6, 6.07) is 0. The molecule has 0 rings (SSSR count). The maximum absolute atomic E-state index is 8.88. The van der Waals surface area contributed by atoms with Crippen LogP contribution in [0.3, 0.4) is 0 Å². The van der Waals surface area contributed by atoms with Gasteiger partial charge in [0.1, 0.15) is 0 Å². The van der Waals surface area contributed by atoms with Crippen molar-refractivity contribution in [2.45, 2.75) is 0 Å². The van der Waals surface area contributed by atoms with Crippen molar-refractivity contribution >= 4 is 30.9 Å². The molecule has 13 heavy (non-hydrogen) atoms. The van der Waals surface area contributed by atoms with Crippen LogP contribution in [0.1, 0.15) is 4.28 Å². The summed E-state index contributed by atoms with van der Waals surface area (Å²) in [5.74, 6) is 0. The third-order valence-corrected chi connectivity index (χ3v) is 0. The van der Waals surface area contributed by atoms with Gasteiger partial charge in [0.15, 0.2) is 0 Å². The van der Waals surface area contributed by atoms with Crippen molar-refractivity contribution in [1.82, 2.24) is 0 Å². The minimum absolute atomic E-state index is 0. The van der Waals surface area contributed by atoms with Crippen LogP contribution >= 0.6 is 7.82 Å². The fourth-order valence-electron chi connectivity index (χ4n) is 0. The van der Waals surface area contributed by atoms with Crippen molar-refractivity contribution in [3.8, 4) is 0 Å². The molecule has 0 amide bonds. The first-order valence-electron chi connectivity index (χ1n) is 0.783. The van der Waals surface area contributed by atoms with E-state index < -0.39 is 7.82 Å². The van der Waals surface area contributed by atoms with Crippen LogP contribution in [0.2, 0.25) is 0 Å². The topological polar surface area (TPSA) is 267 Å². The molecule has 0 unspecified atom stereocenters. The van der Waals surface area contributed by atoms with E-state index in [9.17, 15) is 0 Å². The molecule has 0 spiro atoms. The van der Waals surface area contributed by atoms with Gasteiger partial charge >= 0.3 is 82.3 Å². The summed E-state index contributed by atoms with van der Waals surface area (Å²) in [4.78, 5) is 21.6. The second-order valence-corrected chi connectivity index (χ2v) is 1.54. The van der Waals surface area contributed by atoms with Crippen molar-refractivity contribution < 1.29 is 108 Å². The standard InChI is InChI=1S/K.Mg.H3O4P.6H2O.3H/c;;1-5(2,3)4;;;;;;;;;/h;;(H3,1,2,3,4);6*1H2;;;/q+1;+2;;;;;;;;3*-1. The normalized spacial score (nSPS) is 4.54. The molecule has 0 radical (unpaired) electrons. The van der Waals surface area contributed by atoms with Gasteiger partial charge in [0, 0.05) is 0 Å². The molecular formula is H18KMgO10P. The molecule has 15 N–H and O–H groups in total. The first-order valence-corrected chi connectivity index (χ1v) is 2.35. The molecule has 0 atom stereocenters. The maximum Gasteiger partial charge on any atom is 2.00 e. The van der Waals surface area contributed by atoms with E-state index in [1.807, 2.05) is 0 Å². The number of hydrogen-bond acceptors (Lipinski definition) is 1. The quantitative estimate of drug-likeness (QED) is 0.286. The van der Waals surface area contributed by atoms with Crippen LogP contribution in [0, 0.1) is 0 Å². The van der Waals surface area contributed by atoms with Gasteiger partial charge in [-0.1, -0.05) is 0 Å². The van der Waals surface area contributed by atoms with E-state index in [0.717, 1.165) is 0 Å². The van der Waals surface area contributed by atoms with Gasteiger partial charge < -0.3 is 51.8 Å². The molecule has 0 aromatic carbocycles. The van der Waals surface area contributed by atoms with Crippen LogP contribution in [0.5, 0.6) is 0 Å². The van der Waals surface area contributed by atoms with E-state index in [1.165, 1.54) is 0 Å². The zero-order valence-corrected chi connectivity index (χ0v) is 12.3. The molecule has 0 aromatic heterocycles. The Morgan fingerprint density at radius 3 is 0.769 bits per heavy atom. The Balaban J connectivity index is -0.00000000145. The summed E-state index contributed by atoms with van der Waals surface area (Å²) in [7, 11) is -4.64. The summed E-state index contributed by atoms with van der Waals surface area (Å²) in [6.07, 6.45) is 0. The van der Waals surface area contributed by atoms with E-state index in [1.54, 1.807) is 0 Å². The maximum atomic E-state index is 8.88. The zero-order valence-electron chi connectivity index (χ0n) is 9.90. The zero-order chi connectivity index (χ0) is 4.50. The van der Waals surface area contributed by atoms with E-state index in [-0.39, 0.29) is 112 Å². The molecule has 0 saturated carbocycles. The molecule has 0 bridgehead atoms. The first-order chi connectivity index (χ1) is 2.00. The van der Waals surface area contributed by atoms with E-state index in [4.69, 9.17) is 19.2 Å². The molecule has 0 heterocycles. The van der Waals surface area contributed by atoms with Crippen molar-refractivity contribution in [3.05, 3.63) is 0 Å². The van der Waals surface area contributed by atoms with E-state index in [2.05, 4.69) is 0 Å². The Labute approximate surface area is 137 Å². The van der Waals surface area contributed by atoms with Crippen molar-refractivity contribution in [3.63, 3.8) is 0 Å². The molecule has 0 aliphatic carbocycles. The minimum Gasteiger partial charge on any atom is -1.00 e. The number of rotatable bonds is 0. The largest absolute Gasteiger partial charge is 2.00 e. The molecule has 10 nitrogen and oxygen atoms in total. The van der Waals surface area contributed by atoms with Gasteiger partial charge in [-0.25, -0.2) is 4.57 Å². The summed E-state index contributed by atoms with van der Waals surface area (Å²) in [5.41, 5.74) is 0. The molecule has 0 aromatic rings. The summed E-state index contributed by atoms with van der Waals surface area (Å²) in [6.45, 7) is 0. The van der Waals surface area contributed by atoms with Crippen LogP contribution in [0.25, 0.3) is 0 Å². The van der Waals surface area contributed by atoms with Crippen molar-refractivity contribution in [2.75, 3.05) is 0 Å². The Morgan fingerprint density at radius 2 is 0.769 bits per heavy atom. The van der Waals surface area contributed by atoms with E-state index >= 15 is 0 Å². The van der Waals surface area contributed by atoms with Gasteiger partial charge in [0.25, 0.3) is 0 Å². The van der Waals surface area contributed by atoms with Crippen molar-refractivity contribution in [2.24, 2.45) is 0 Å². The van der Waals surface area contributed by atoms with Gasteiger partial charge in [-0.05, 0) is 0 Å². The second kappa shape index (κ2) is 36.7. The molecule has 13 heteroatoms. The molecule has 0 saturated heterocycles. The first kappa shape index (κ1) is 79.1. The SMILES string of the molecule is O.O.O.O.O.O.O=P(O)(O)O.[H-].[H-].[H-].[K+].[Mg+2]. The predicted octanol–water partition coefficient (Wildman–Crippen LogP) is -8.92. The summed E-state index contributed by atoms with van der Waals surface area (Å²) in [5, 5.41) is 0. The Morgan fingerprint density at radius 1 is 0.769 bits per heavy atom. The number of phosphoric acid groups is 1.